The molecule has 1 saturated heterocycles. The van der Waals surface area contributed by atoms with Crippen molar-refractivity contribution in [3.8, 4) is 6.07 Å². The van der Waals surface area contributed by atoms with Crippen molar-refractivity contribution < 1.29 is 0 Å². The molecule has 0 radical (unpaired) electrons. The van der Waals surface area contributed by atoms with Gasteiger partial charge in [0.25, 0.3) is 0 Å². The summed E-state index contributed by atoms with van der Waals surface area (Å²) in [5, 5.41) is 13.1. The lowest BCUT2D eigenvalue weighted by Crippen LogP contribution is -2.51. The van der Waals surface area contributed by atoms with Crippen molar-refractivity contribution >= 4 is 11.8 Å². The van der Waals surface area contributed by atoms with E-state index in [-0.39, 0.29) is 5.54 Å². The van der Waals surface area contributed by atoms with E-state index in [0.29, 0.717) is 6.04 Å². The van der Waals surface area contributed by atoms with E-state index in [9.17, 15) is 5.26 Å². The Hall–Kier alpha value is -0.200. The Bertz CT molecular complexity index is 245. The van der Waals surface area contributed by atoms with E-state index < -0.39 is 0 Å². The molecule has 90 valence electrons. The molecule has 1 aliphatic carbocycles. The van der Waals surface area contributed by atoms with Gasteiger partial charge in [-0.15, -0.1) is 0 Å². The van der Waals surface area contributed by atoms with E-state index in [2.05, 4.69) is 11.4 Å². The van der Waals surface area contributed by atoms with E-state index in [0.717, 1.165) is 24.3 Å². The van der Waals surface area contributed by atoms with Crippen molar-refractivity contribution in [2.75, 3.05) is 11.5 Å². The fourth-order valence-corrected chi connectivity index (χ4v) is 4.01. The number of nitrogens with zero attached hydrogens (tertiary/aromatic N) is 1. The van der Waals surface area contributed by atoms with E-state index in [4.69, 9.17) is 0 Å². The summed E-state index contributed by atoms with van der Waals surface area (Å²) in [7, 11) is 0. The second kappa shape index (κ2) is 5.93. The standard InChI is InChI=1S/C13H22N2S/c14-11-13(7-9-16-10-8-13)15-12-5-3-1-2-4-6-12/h12,15H,1-10H2. The van der Waals surface area contributed by atoms with Crippen molar-refractivity contribution in [1.29, 1.82) is 5.26 Å². The Morgan fingerprint density at radius 1 is 1.06 bits per heavy atom. The Balaban J connectivity index is 1.92. The molecule has 1 N–H and O–H groups in total. The lowest BCUT2D eigenvalue weighted by molar-refractivity contribution is 0.313. The quantitative estimate of drug-likeness (QED) is 0.751. The SMILES string of the molecule is N#CC1(NC2CCCCCC2)CCSCC1. The highest BCUT2D eigenvalue weighted by atomic mass is 32.2. The van der Waals surface area contributed by atoms with Gasteiger partial charge in [-0.2, -0.15) is 17.0 Å². The lowest BCUT2D eigenvalue weighted by atomic mass is 9.91. The molecule has 0 spiro atoms. The van der Waals surface area contributed by atoms with Crippen LogP contribution >= 0.6 is 11.8 Å². The van der Waals surface area contributed by atoms with E-state index in [1.165, 1.54) is 38.5 Å². The summed E-state index contributed by atoms with van der Waals surface area (Å²) in [5.74, 6) is 2.29. The van der Waals surface area contributed by atoms with Gasteiger partial charge in [-0.1, -0.05) is 25.7 Å². The number of nitrogens with one attached hydrogen (secondary N) is 1. The van der Waals surface area contributed by atoms with Gasteiger partial charge in [0.05, 0.1) is 6.07 Å². The topological polar surface area (TPSA) is 35.8 Å². The fourth-order valence-electron chi connectivity index (χ4n) is 2.82. The fraction of sp³-hybridized carbons (Fsp3) is 0.923. The highest BCUT2D eigenvalue weighted by molar-refractivity contribution is 7.99. The molecule has 2 fully saturated rings. The van der Waals surface area contributed by atoms with Crippen molar-refractivity contribution in [3.63, 3.8) is 0 Å². The number of thioether (sulfide) groups is 1. The van der Waals surface area contributed by atoms with Crippen LogP contribution in [0.2, 0.25) is 0 Å². The van der Waals surface area contributed by atoms with E-state index in [1.807, 2.05) is 11.8 Å². The second-order valence-electron chi connectivity index (χ2n) is 5.14. The van der Waals surface area contributed by atoms with Gasteiger partial charge in [0.2, 0.25) is 0 Å². The first kappa shape index (κ1) is 12.3. The normalized spacial score (nSPS) is 26.9. The van der Waals surface area contributed by atoms with Gasteiger partial charge >= 0.3 is 0 Å². The van der Waals surface area contributed by atoms with E-state index in [1.54, 1.807) is 0 Å². The molecular weight excluding hydrogens is 216 g/mol. The van der Waals surface area contributed by atoms with Crippen LogP contribution in [0.25, 0.3) is 0 Å². The van der Waals surface area contributed by atoms with Crippen molar-refractivity contribution in [1.82, 2.24) is 5.32 Å². The van der Waals surface area contributed by atoms with Crippen LogP contribution in [-0.4, -0.2) is 23.1 Å². The van der Waals surface area contributed by atoms with Crippen LogP contribution in [0.3, 0.4) is 0 Å². The van der Waals surface area contributed by atoms with Gasteiger partial charge < -0.3 is 0 Å². The maximum Gasteiger partial charge on any atom is 0.108 e. The lowest BCUT2D eigenvalue weighted by Gasteiger charge is -2.35. The molecule has 0 aromatic heterocycles. The van der Waals surface area contributed by atoms with Gasteiger partial charge in [-0.05, 0) is 37.2 Å². The summed E-state index contributed by atoms with van der Waals surface area (Å²) in [6.45, 7) is 0. The minimum atomic E-state index is -0.194. The number of rotatable bonds is 2. The monoisotopic (exact) mass is 238 g/mol. The first-order valence-electron chi connectivity index (χ1n) is 6.61. The first-order chi connectivity index (χ1) is 7.85. The third-order valence-corrected chi connectivity index (χ3v) is 4.88. The van der Waals surface area contributed by atoms with E-state index >= 15 is 0 Å². The molecular formula is C13H22N2S. The van der Waals surface area contributed by atoms with Crippen LogP contribution in [-0.2, 0) is 0 Å². The zero-order valence-corrected chi connectivity index (χ0v) is 10.8. The molecule has 3 heteroatoms. The van der Waals surface area contributed by atoms with Crippen molar-refractivity contribution in [3.05, 3.63) is 0 Å². The number of hydrogen-bond acceptors (Lipinski definition) is 3. The van der Waals surface area contributed by atoms with Crippen LogP contribution in [0.1, 0.15) is 51.4 Å². The maximum atomic E-state index is 9.42. The van der Waals surface area contributed by atoms with Crippen LogP contribution in [0, 0.1) is 11.3 Å². The molecule has 0 bridgehead atoms. The second-order valence-corrected chi connectivity index (χ2v) is 6.36. The molecule has 1 aliphatic heterocycles. The number of hydrogen-bond donors (Lipinski definition) is 1. The van der Waals surface area contributed by atoms with Crippen LogP contribution < -0.4 is 5.32 Å². The summed E-state index contributed by atoms with van der Waals surface area (Å²) < 4.78 is 0. The Morgan fingerprint density at radius 3 is 2.25 bits per heavy atom. The molecule has 2 rings (SSSR count). The van der Waals surface area contributed by atoms with Gasteiger partial charge in [-0.3, -0.25) is 5.32 Å². The van der Waals surface area contributed by atoms with Crippen LogP contribution in [0.4, 0.5) is 0 Å². The average Bonchev–Trinajstić information content (AvgIpc) is 2.59. The smallest absolute Gasteiger partial charge is 0.108 e. The highest BCUT2D eigenvalue weighted by Crippen LogP contribution is 2.29. The largest absolute Gasteiger partial charge is 0.297 e. The highest BCUT2D eigenvalue weighted by Gasteiger charge is 2.34. The van der Waals surface area contributed by atoms with Crippen LogP contribution in [0.5, 0.6) is 0 Å². The Morgan fingerprint density at radius 2 is 1.69 bits per heavy atom. The maximum absolute atomic E-state index is 9.42. The summed E-state index contributed by atoms with van der Waals surface area (Å²) >= 11 is 1.99. The Kier molecular flexibility index (Phi) is 4.55. The van der Waals surface area contributed by atoms with Crippen LogP contribution in [0.15, 0.2) is 0 Å². The minimum absolute atomic E-state index is 0.194. The predicted molar refractivity (Wildman–Crippen MR) is 69.5 cm³/mol. The van der Waals surface area contributed by atoms with Gasteiger partial charge in [0.15, 0.2) is 0 Å². The average molecular weight is 238 g/mol. The van der Waals surface area contributed by atoms with Crippen molar-refractivity contribution in [2.24, 2.45) is 0 Å². The molecule has 2 aliphatic rings. The first-order valence-corrected chi connectivity index (χ1v) is 7.77. The summed E-state index contributed by atoms with van der Waals surface area (Å²) in [6, 6.07) is 3.16. The minimum Gasteiger partial charge on any atom is -0.297 e. The van der Waals surface area contributed by atoms with Gasteiger partial charge in [0.1, 0.15) is 5.54 Å². The summed E-state index contributed by atoms with van der Waals surface area (Å²) in [6.07, 6.45) is 10.1. The molecule has 0 aromatic carbocycles. The molecule has 1 saturated carbocycles. The molecule has 0 amide bonds. The molecule has 2 nitrogen and oxygen atoms in total. The third kappa shape index (κ3) is 3.15. The van der Waals surface area contributed by atoms with Crippen molar-refractivity contribution in [2.45, 2.75) is 62.9 Å². The third-order valence-electron chi connectivity index (χ3n) is 3.90. The zero-order valence-electron chi connectivity index (χ0n) is 10.0. The van der Waals surface area contributed by atoms with Gasteiger partial charge in [0, 0.05) is 6.04 Å². The number of nitriles is 1. The molecule has 16 heavy (non-hydrogen) atoms. The Labute approximate surface area is 103 Å². The molecule has 0 unspecified atom stereocenters. The van der Waals surface area contributed by atoms with Gasteiger partial charge in [-0.25, -0.2) is 0 Å². The summed E-state index contributed by atoms with van der Waals surface area (Å²) in [4.78, 5) is 0. The molecule has 1 heterocycles. The molecule has 0 atom stereocenters. The predicted octanol–water partition coefficient (Wildman–Crippen LogP) is 3.09. The zero-order chi connectivity index (χ0) is 11.3. The molecule has 0 aromatic rings. The summed E-state index contributed by atoms with van der Waals surface area (Å²) in [5.41, 5.74) is -0.194.